The molecule has 0 saturated heterocycles. The topological polar surface area (TPSA) is 88.8 Å². The summed E-state index contributed by atoms with van der Waals surface area (Å²) in [6.45, 7) is 1.37. The Morgan fingerprint density at radius 3 is 2.58 bits per heavy atom. The molecule has 9 heteroatoms. The summed E-state index contributed by atoms with van der Waals surface area (Å²) in [5, 5.41) is 11.4. The molecule has 8 nitrogen and oxygen atoms in total. The van der Waals surface area contributed by atoms with Crippen molar-refractivity contribution in [2.24, 2.45) is 0 Å². The molecule has 0 saturated carbocycles. The maximum absolute atomic E-state index is 13.0. The van der Waals surface area contributed by atoms with Crippen molar-refractivity contribution in [3.05, 3.63) is 64.2 Å². The van der Waals surface area contributed by atoms with Gasteiger partial charge in [-0.25, -0.2) is 4.98 Å². The van der Waals surface area contributed by atoms with Crippen LogP contribution in [0.2, 0.25) is 0 Å². The fraction of sp³-hybridized carbons (Fsp3) is 0.273. The number of aromatic nitrogens is 1. The fourth-order valence-electron chi connectivity index (χ4n) is 2.94. The van der Waals surface area contributed by atoms with E-state index in [0.29, 0.717) is 17.2 Å². The monoisotopic (exact) mass is 440 g/mol. The molecule has 0 bridgehead atoms. The number of ether oxygens (including phenoxy) is 1. The summed E-state index contributed by atoms with van der Waals surface area (Å²) >= 11 is 1.44. The molecule has 0 atom stereocenters. The lowest BCUT2D eigenvalue weighted by atomic mass is 10.2. The predicted molar refractivity (Wildman–Crippen MR) is 124 cm³/mol. The minimum absolute atomic E-state index is 0.0127. The molecule has 0 fully saturated rings. The number of methoxy groups -OCH3 is 1. The van der Waals surface area contributed by atoms with Gasteiger partial charge in [0, 0.05) is 24.8 Å². The van der Waals surface area contributed by atoms with Gasteiger partial charge in [0.05, 0.1) is 22.2 Å². The number of nitro groups is 1. The summed E-state index contributed by atoms with van der Waals surface area (Å²) in [6.07, 6.45) is 3.92. The van der Waals surface area contributed by atoms with E-state index in [1.165, 1.54) is 29.5 Å². The molecule has 0 aliphatic rings. The Kier molecular flexibility index (Phi) is 7.32. The number of nitro benzene ring substituents is 1. The molecule has 0 N–H and O–H groups in total. The summed E-state index contributed by atoms with van der Waals surface area (Å²) in [5.41, 5.74) is 1.53. The Morgan fingerprint density at radius 1 is 1.19 bits per heavy atom. The number of hydrogen-bond donors (Lipinski definition) is 0. The van der Waals surface area contributed by atoms with E-state index in [-0.39, 0.29) is 11.6 Å². The number of nitrogens with zero attached hydrogens (tertiary/aromatic N) is 4. The van der Waals surface area contributed by atoms with Gasteiger partial charge in [-0.1, -0.05) is 11.3 Å². The molecule has 0 aliphatic heterocycles. The first-order valence-corrected chi connectivity index (χ1v) is 10.5. The highest BCUT2D eigenvalue weighted by Gasteiger charge is 2.18. The van der Waals surface area contributed by atoms with Crippen molar-refractivity contribution in [1.29, 1.82) is 0 Å². The van der Waals surface area contributed by atoms with Crippen LogP contribution >= 0.6 is 11.3 Å². The highest BCUT2D eigenvalue weighted by molar-refractivity contribution is 7.22. The molecular weight excluding hydrogens is 416 g/mol. The Labute approximate surface area is 184 Å². The minimum atomic E-state index is -0.451. The van der Waals surface area contributed by atoms with Gasteiger partial charge in [-0.05, 0) is 69.0 Å². The number of benzene rings is 2. The van der Waals surface area contributed by atoms with Crippen LogP contribution in [0.1, 0.15) is 12.0 Å². The van der Waals surface area contributed by atoms with Crippen molar-refractivity contribution in [3.8, 4) is 5.75 Å². The quantitative estimate of drug-likeness (QED) is 0.281. The lowest BCUT2D eigenvalue weighted by Gasteiger charge is -2.19. The van der Waals surface area contributed by atoms with E-state index in [2.05, 4.69) is 9.88 Å². The van der Waals surface area contributed by atoms with Gasteiger partial charge in [-0.2, -0.15) is 0 Å². The van der Waals surface area contributed by atoms with Crippen LogP contribution < -0.4 is 9.64 Å². The highest BCUT2D eigenvalue weighted by atomic mass is 32.1. The standard InChI is InChI=1S/C22H24N4O4S/c1-24(2)13-4-14-25(22-23-19-11-10-18(30-3)15-20(19)31-22)21(27)12-7-16-5-8-17(9-6-16)26(28)29/h5-12,15H,4,13-14H2,1-3H3. The fourth-order valence-corrected chi connectivity index (χ4v) is 3.97. The zero-order chi connectivity index (χ0) is 22.4. The molecule has 3 rings (SSSR count). The van der Waals surface area contributed by atoms with Gasteiger partial charge in [0.25, 0.3) is 11.6 Å². The average Bonchev–Trinajstić information content (AvgIpc) is 3.17. The molecule has 162 valence electrons. The second-order valence-corrected chi connectivity index (χ2v) is 8.17. The first-order chi connectivity index (χ1) is 14.9. The van der Waals surface area contributed by atoms with Crippen LogP contribution in [0.3, 0.4) is 0 Å². The van der Waals surface area contributed by atoms with E-state index in [0.717, 1.165) is 28.9 Å². The maximum atomic E-state index is 13.0. The summed E-state index contributed by atoms with van der Waals surface area (Å²) in [7, 11) is 5.60. The number of hydrogen-bond acceptors (Lipinski definition) is 7. The molecule has 31 heavy (non-hydrogen) atoms. The smallest absolute Gasteiger partial charge is 0.269 e. The van der Waals surface area contributed by atoms with E-state index >= 15 is 0 Å². The molecular formula is C22H24N4O4S. The summed E-state index contributed by atoms with van der Waals surface area (Å²) in [4.78, 5) is 31.7. The van der Waals surface area contributed by atoms with Gasteiger partial charge in [0.15, 0.2) is 5.13 Å². The second kappa shape index (κ2) is 10.1. The lowest BCUT2D eigenvalue weighted by molar-refractivity contribution is -0.384. The minimum Gasteiger partial charge on any atom is -0.497 e. The van der Waals surface area contributed by atoms with Crippen LogP contribution in [0, 0.1) is 10.1 Å². The van der Waals surface area contributed by atoms with Crippen LogP contribution in [0.5, 0.6) is 5.75 Å². The first kappa shape index (κ1) is 22.4. The SMILES string of the molecule is COc1ccc2nc(N(CCCN(C)C)C(=O)C=Cc3ccc([N+](=O)[O-])cc3)sc2c1. The van der Waals surface area contributed by atoms with Crippen molar-refractivity contribution in [1.82, 2.24) is 9.88 Å². The first-order valence-electron chi connectivity index (χ1n) is 9.70. The summed E-state index contributed by atoms with van der Waals surface area (Å²) in [6, 6.07) is 11.7. The number of fused-ring (bicyclic) bond motifs is 1. The molecule has 1 aromatic heterocycles. The Morgan fingerprint density at radius 2 is 1.94 bits per heavy atom. The molecule has 0 aliphatic carbocycles. The van der Waals surface area contributed by atoms with Gasteiger partial charge in [-0.15, -0.1) is 0 Å². The van der Waals surface area contributed by atoms with Crippen molar-refractivity contribution in [3.63, 3.8) is 0 Å². The second-order valence-electron chi connectivity index (χ2n) is 7.16. The number of non-ortho nitro benzene ring substituents is 1. The highest BCUT2D eigenvalue weighted by Crippen LogP contribution is 2.31. The zero-order valence-corrected chi connectivity index (χ0v) is 18.5. The molecule has 2 aromatic carbocycles. The molecule has 0 radical (unpaired) electrons. The normalized spacial score (nSPS) is 11.4. The molecule has 1 heterocycles. The third-order valence-corrected chi connectivity index (χ3v) is 5.63. The van der Waals surface area contributed by atoms with E-state index in [1.807, 2.05) is 32.3 Å². The lowest BCUT2D eigenvalue weighted by Crippen LogP contribution is -2.32. The van der Waals surface area contributed by atoms with E-state index in [1.54, 1.807) is 30.2 Å². The Bertz CT molecular complexity index is 1090. The molecule has 0 spiro atoms. The van der Waals surface area contributed by atoms with Crippen molar-refractivity contribution < 1.29 is 14.5 Å². The van der Waals surface area contributed by atoms with Crippen LogP contribution in [0.15, 0.2) is 48.5 Å². The van der Waals surface area contributed by atoms with E-state index in [9.17, 15) is 14.9 Å². The summed E-state index contributed by atoms with van der Waals surface area (Å²) < 4.78 is 6.22. The number of carbonyl (C=O) groups excluding carboxylic acids is 1. The van der Waals surface area contributed by atoms with Crippen LogP contribution in [0.25, 0.3) is 16.3 Å². The third kappa shape index (κ3) is 5.87. The van der Waals surface area contributed by atoms with Gasteiger partial charge >= 0.3 is 0 Å². The number of amides is 1. The molecule has 3 aromatic rings. The van der Waals surface area contributed by atoms with Gasteiger partial charge < -0.3 is 9.64 Å². The van der Waals surface area contributed by atoms with Crippen LogP contribution in [-0.2, 0) is 4.79 Å². The van der Waals surface area contributed by atoms with Crippen LogP contribution in [-0.4, -0.2) is 55.0 Å². The number of carbonyl (C=O) groups is 1. The number of thiazole rings is 1. The largest absolute Gasteiger partial charge is 0.497 e. The van der Waals surface area contributed by atoms with Gasteiger partial charge in [0.2, 0.25) is 0 Å². The summed E-state index contributed by atoms with van der Waals surface area (Å²) in [5.74, 6) is 0.550. The molecule has 0 unspecified atom stereocenters. The maximum Gasteiger partial charge on any atom is 0.269 e. The predicted octanol–water partition coefficient (Wildman–Crippen LogP) is 4.21. The van der Waals surface area contributed by atoms with Crippen molar-refractivity contribution in [2.45, 2.75) is 6.42 Å². The Balaban J connectivity index is 1.83. The van der Waals surface area contributed by atoms with Crippen LogP contribution in [0.4, 0.5) is 10.8 Å². The Hall–Kier alpha value is -3.30. The van der Waals surface area contributed by atoms with Gasteiger partial charge in [-0.3, -0.25) is 19.8 Å². The molecule has 1 amide bonds. The third-order valence-electron chi connectivity index (χ3n) is 4.59. The number of rotatable bonds is 9. The number of anilines is 1. The van der Waals surface area contributed by atoms with Gasteiger partial charge in [0.1, 0.15) is 5.75 Å². The van der Waals surface area contributed by atoms with Crippen molar-refractivity contribution >= 4 is 44.4 Å². The van der Waals surface area contributed by atoms with E-state index in [4.69, 9.17) is 4.74 Å². The van der Waals surface area contributed by atoms with Crippen molar-refractivity contribution in [2.75, 3.05) is 39.2 Å². The average molecular weight is 441 g/mol. The van der Waals surface area contributed by atoms with E-state index < -0.39 is 4.92 Å². The zero-order valence-electron chi connectivity index (χ0n) is 17.6.